The zero-order valence-corrected chi connectivity index (χ0v) is 13.2. The summed E-state index contributed by atoms with van der Waals surface area (Å²) in [7, 11) is 0. The van der Waals surface area contributed by atoms with Crippen molar-refractivity contribution >= 4 is 39.0 Å². The maximum atomic E-state index is 12.1. The highest BCUT2D eigenvalue weighted by Crippen LogP contribution is 2.35. The van der Waals surface area contributed by atoms with Crippen LogP contribution in [0.25, 0.3) is 10.1 Å². The molecule has 2 aromatic carbocycles. The van der Waals surface area contributed by atoms with Crippen molar-refractivity contribution in [1.29, 1.82) is 0 Å². The first-order chi connectivity index (χ1) is 10.8. The molecule has 3 aromatic rings. The van der Waals surface area contributed by atoms with Crippen LogP contribution < -0.4 is 4.74 Å². The summed E-state index contributed by atoms with van der Waals surface area (Å²) in [6.07, 6.45) is 0. The molecule has 0 amide bonds. The van der Waals surface area contributed by atoms with E-state index in [1.54, 1.807) is 0 Å². The molecule has 112 valence electrons. The van der Waals surface area contributed by atoms with Gasteiger partial charge in [0.1, 0.15) is 23.8 Å². The van der Waals surface area contributed by atoms with Gasteiger partial charge in [-0.25, -0.2) is 4.79 Å². The van der Waals surface area contributed by atoms with Crippen LogP contribution in [0.4, 0.5) is 0 Å². The van der Waals surface area contributed by atoms with Gasteiger partial charge < -0.3 is 9.47 Å². The van der Waals surface area contributed by atoms with Gasteiger partial charge >= 0.3 is 5.97 Å². The van der Waals surface area contributed by atoms with Gasteiger partial charge in [-0.3, -0.25) is 0 Å². The van der Waals surface area contributed by atoms with Crippen molar-refractivity contribution in [3.8, 4) is 5.75 Å². The van der Waals surface area contributed by atoms with E-state index in [9.17, 15) is 4.79 Å². The Kier molecular flexibility index (Phi) is 4.61. The SMILES string of the molecule is O=C(OCCOc1ccccc1)c1sc2ccccc2c1Cl. The fourth-order valence-electron chi connectivity index (χ4n) is 2.02. The molecule has 5 heteroatoms. The normalized spacial score (nSPS) is 10.6. The molecule has 0 saturated heterocycles. The molecule has 0 spiro atoms. The average Bonchev–Trinajstić information content (AvgIpc) is 2.90. The third-order valence-electron chi connectivity index (χ3n) is 3.05. The summed E-state index contributed by atoms with van der Waals surface area (Å²) < 4.78 is 11.7. The molecule has 0 radical (unpaired) electrons. The van der Waals surface area contributed by atoms with E-state index in [-0.39, 0.29) is 6.61 Å². The van der Waals surface area contributed by atoms with E-state index in [2.05, 4.69) is 0 Å². The fraction of sp³-hybridized carbons (Fsp3) is 0.118. The van der Waals surface area contributed by atoms with Crippen LogP contribution in [0.2, 0.25) is 5.02 Å². The van der Waals surface area contributed by atoms with Crippen molar-refractivity contribution in [3.05, 3.63) is 64.5 Å². The van der Waals surface area contributed by atoms with Crippen molar-refractivity contribution in [2.75, 3.05) is 13.2 Å². The fourth-order valence-corrected chi connectivity index (χ4v) is 3.42. The molecule has 0 bridgehead atoms. The number of carbonyl (C=O) groups excluding carboxylic acids is 1. The van der Waals surface area contributed by atoms with E-state index in [4.69, 9.17) is 21.1 Å². The van der Waals surface area contributed by atoms with Gasteiger partial charge in [-0.15, -0.1) is 11.3 Å². The van der Waals surface area contributed by atoms with Crippen molar-refractivity contribution in [1.82, 2.24) is 0 Å². The monoisotopic (exact) mass is 332 g/mol. The van der Waals surface area contributed by atoms with E-state index in [1.807, 2.05) is 54.6 Å². The third-order valence-corrected chi connectivity index (χ3v) is 4.70. The molecule has 3 nitrogen and oxygen atoms in total. The number of para-hydroxylation sites is 1. The van der Waals surface area contributed by atoms with Gasteiger partial charge in [-0.1, -0.05) is 48.0 Å². The van der Waals surface area contributed by atoms with Crippen LogP contribution >= 0.6 is 22.9 Å². The number of benzene rings is 2. The molecule has 1 heterocycles. The summed E-state index contributed by atoms with van der Waals surface area (Å²) in [5.41, 5.74) is 0. The second-order valence-electron chi connectivity index (χ2n) is 4.54. The van der Waals surface area contributed by atoms with Crippen LogP contribution in [0.5, 0.6) is 5.75 Å². The van der Waals surface area contributed by atoms with Crippen LogP contribution in [0.15, 0.2) is 54.6 Å². The van der Waals surface area contributed by atoms with Gasteiger partial charge in [0.15, 0.2) is 0 Å². The molecule has 0 atom stereocenters. The molecule has 22 heavy (non-hydrogen) atoms. The first kappa shape index (κ1) is 14.9. The number of carbonyl (C=O) groups is 1. The van der Waals surface area contributed by atoms with Gasteiger partial charge in [-0.2, -0.15) is 0 Å². The first-order valence-corrected chi connectivity index (χ1v) is 7.97. The maximum absolute atomic E-state index is 12.1. The number of fused-ring (bicyclic) bond motifs is 1. The predicted octanol–water partition coefficient (Wildman–Crippen LogP) is 4.79. The summed E-state index contributed by atoms with van der Waals surface area (Å²) in [5, 5.41) is 1.33. The van der Waals surface area contributed by atoms with Crippen LogP contribution in [0.1, 0.15) is 9.67 Å². The third kappa shape index (κ3) is 3.24. The Morgan fingerprint density at radius 1 is 1.00 bits per heavy atom. The molecule has 0 N–H and O–H groups in total. The molecule has 3 rings (SSSR count). The number of ether oxygens (including phenoxy) is 2. The van der Waals surface area contributed by atoms with Gasteiger partial charge in [0.2, 0.25) is 0 Å². The topological polar surface area (TPSA) is 35.5 Å². The second kappa shape index (κ2) is 6.81. The number of hydrogen-bond acceptors (Lipinski definition) is 4. The minimum Gasteiger partial charge on any atom is -0.490 e. The van der Waals surface area contributed by atoms with E-state index in [1.165, 1.54) is 11.3 Å². The van der Waals surface area contributed by atoms with Crippen LogP contribution in [0, 0.1) is 0 Å². The zero-order chi connectivity index (χ0) is 15.4. The maximum Gasteiger partial charge on any atom is 0.350 e. The lowest BCUT2D eigenvalue weighted by Gasteiger charge is -2.06. The highest BCUT2D eigenvalue weighted by molar-refractivity contribution is 7.21. The van der Waals surface area contributed by atoms with E-state index in [0.717, 1.165) is 15.8 Å². The van der Waals surface area contributed by atoms with Crippen molar-refractivity contribution in [2.24, 2.45) is 0 Å². The van der Waals surface area contributed by atoms with Crippen LogP contribution in [-0.2, 0) is 4.74 Å². The number of halogens is 1. The van der Waals surface area contributed by atoms with Gasteiger partial charge in [0.05, 0.1) is 5.02 Å². The lowest BCUT2D eigenvalue weighted by molar-refractivity contribution is 0.0456. The molecule has 0 fully saturated rings. The summed E-state index contributed by atoms with van der Waals surface area (Å²) in [5.74, 6) is 0.335. The Hall–Kier alpha value is -2.04. The van der Waals surface area contributed by atoms with Gasteiger partial charge in [0, 0.05) is 10.1 Å². The van der Waals surface area contributed by atoms with Crippen molar-refractivity contribution in [3.63, 3.8) is 0 Å². The highest BCUT2D eigenvalue weighted by atomic mass is 35.5. The van der Waals surface area contributed by atoms with Gasteiger partial charge in [0.25, 0.3) is 0 Å². The Balaban J connectivity index is 1.58. The lowest BCUT2D eigenvalue weighted by Crippen LogP contribution is -2.11. The standard InChI is InChI=1S/C17H13ClO3S/c18-15-13-8-4-5-9-14(13)22-16(15)17(19)21-11-10-20-12-6-2-1-3-7-12/h1-9H,10-11H2. The van der Waals surface area contributed by atoms with Crippen molar-refractivity contribution in [2.45, 2.75) is 0 Å². The summed E-state index contributed by atoms with van der Waals surface area (Å²) in [6, 6.07) is 17.0. The highest BCUT2D eigenvalue weighted by Gasteiger charge is 2.18. The Morgan fingerprint density at radius 3 is 2.50 bits per heavy atom. The van der Waals surface area contributed by atoms with Gasteiger partial charge in [-0.05, 0) is 18.2 Å². The van der Waals surface area contributed by atoms with Crippen molar-refractivity contribution < 1.29 is 14.3 Å². The van der Waals surface area contributed by atoms with Crippen LogP contribution in [-0.4, -0.2) is 19.2 Å². The number of hydrogen-bond donors (Lipinski definition) is 0. The summed E-state index contributed by atoms with van der Waals surface area (Å²) in [4.78, 5) is 12.5. The number of rotatable bonds is 5. The van der Waals surface area contributed by atoms with E-state index in [0.29, 0.717) is 16.5 Å². The molecular formula is C17H13ClO3S. The lowest BCUT2D eigenvalue weighted by atomic mass is 10.2. The number of esters is 1. The first-order valence-electron chi connectivity index (χ1n) is 6.77. The Bertz CT molecular complexity index is 783. The van der Waals surface area contributed by atoms with E-state index < -0.39 is 5.97 Å². The quantitative estimate of drug-likeness (QED) is 0.497. The molecule has 0 unspecified atom stereocenters. The average molecular weight is 333 g/mol. The summed E-state index contributed by atoms with van der Waals surface area (Å²) in [6.45, 7) is 0.483. The minimum absolute atomic E-state index is 0.179. The molecule has 0 aliphatic carbocycles. The Morgan fingerprint density at radius 2 is 1.73 bits per heavy atom. The predicted molar refractivity (Wildman–Crippen MR) is 89.1 cm³/mol. The Labute approximate surface area is 137 Å². The smallest absolute Gasteiger partial charge is 0.350 e. The number of thiophene rings is 1. The minimum atomic E-state index is -0.414. The molecule has 0 aliphatic heterocycles. The largest absolute Gasteiger partial charge is 0.490 e. The summed E-state index contributed by atoms with van der Waals surface area (Å²) >= 11 is 7.58. The molecule has 0 saturated carbocycles. The molecule has 1 aromatic heterocycles. The van der Waals surface area contributed by atoms with Crippen LogP contribution in [0.3, 0.4) is 0 Å². The zero-order valence-electron chi connectivity index (χ0n) is 11.6. The molecule has 0 aliphatic rings. The molecular weight excluding hydrogens is 320 g/mol. The second-order valence-corrected chi connectivity index (χ2v) is 5.97. The van der Waals surface area contributed by atoms with E-state index >= 15 is 0 Å².